The number of ether oxygens (including phenoxy) is 1. The van der Waals surface area contributed by atoms with Crippen LogP contribution >= 0.6 is 23.2 Å². The van der Waals surface area contributed by atoms with Crippen molar-refractivity contribution < 1.29 is 17.9 Å². The van der Waals surface area contributed by atoms with Gasteiger partial charge >= 0.3 is 0 Å². The summed E-state index contributed by atoms with van der Waals surface area (Å²) in [6.07, 6.45) is 0. The fraction of sp³-hybridized carbons (Fsp3) is 0.174. The van der Waals surface area contributed by atoms with Crippen LogP contribution in [0, 0.1) is 0 Å². The largest absolute Gasteiger partial charge is 0.489 e. The van der Waals surface area contributed by atoms with E-state index in [1.54, 1.807) is 31.2 Å². The van der Waals surface area contributed by atoms with Gasteiger partial charge in [0.15, 0.2) is 0 Å². The number of sulfonamides is 1. The molecule has 0 bridgehead atoms. The number of nitrogens with one attached hydrogen (secondary N) is 1. The lowest BCUT2D eigenvalue weighted by Gasteiger charge is -2.21. The molecule has 0 heterocycles. The third-order valence-corrected chi connectivity index (χ3v) is 7.21. The minimum absolute atomic E-state index is 0.0411. The quantitative estimate of drug-likeness (QED) is 0.444. The summed E-state index contributed by atoms with van der Waals surface area (Å²) in [6.45, 7) is 1.79. The molecule has 0 fully saturated rings. The Morgan fingerprint density at radius 2 is 1.69 bits per heavy atom. The van der Waals surface area contributed by atoms with Crippen LogP contribution in [0.1, 0.15) is 12.5 Å². The number of carbonyl (C=O) groups excluding carboxylic acids is 1. The van der Waals surface area contributed by atoms with E-state index in [9.17, 15) is 13.2 Å². The van der Waals surface area contributed by atoms with Crippen LogP contribution in [0.3, 0.4) is 0 Å². The van der Waals surface area contributed by atoms with Gasteiger partial charge < -0.3 is 10.1 Å². The van der Waals surface area contributed by atoms with Crippen molar-refractivity contribution in [3.63, 3.8) is 0 Å². The Morgan fingerprint density at radius 3 is 2.34 bits per heavy atom. The van der Waals surface area contributed by atoms with E-state index in [2.05, 4.69) is 5.32 Å². The van der Waals surface area contributed by atoms with Gasteiger partial charge in [-0.3, -0.25) is 4.79 Å². The molecule has 3 aromatic carbocycles. The number of hydrogen-bond donors (Lipinski definition) is 1. The normalized spacial score (nSPS) is 11.4. The van der Waals surface area contributed by atoms with Crippen LogP contribution in [0.4, 0.5) is 5.69 Å². The summed E-state index contributed by atoms with van der Waals surface area (Å²) in [5.41, 5.74) is 1.57. The average molecular weight is 493 g/mol. The van der Waals surface area contributed by atoms with Gasteiger partial charge in [-0.25, -0.2) is 8.42 Å². The highest BCUT2D eigenvalue weighted by Gasteiger charge is 2.27. The lowest BCUT2D eigenvalue weighted by atomic mass is 10.2. The molecule has 0 saturated carbocycles. The molecule has 0 spiro atoms. The first-order valence-corrected chi connectivity index (χ1v) is 12.0. The maximum Gasteiger partial charge on any atom is 0.245 e. The molecule has 0 saturated heterocycles. The summed E-state index contributed by atoms with van der Waals surface area (Å²) in [5, 5.41) is 2.98. The molecule has 168 valence electrons. The minimum atomic E-state index is -4.00. The van der Waals surface area contributed by atoms with Gasteiger partial charge in [0.1, 0.15) is 17.3 Å². The molecule has 3 rings (SSSR count). The SMILES string of the molecule is CCN(CC(=O)Nc1ccc(OCc2ccccc2)cc1)S(=O)(=O)c1cc(Cl)ccc1Cl. The molecule has 32 heavy (non-hydrogen) atoms. The fourth-order valence-corrected chi connectivity index (χ4v) is 5.06. The molecule has 3 aromatic rings. The highest BCUT2D eigenvalue weighted by atomic mass is 35.5. The number of rotatable bonds is 9. The lowest BCUT2D eigenvalue weighted by Crippen LogP contribution is -2.38. The topological polar surface area (TPSA) is 75.7 Å². The van der Waals surface area contributed by atoms with E-state index in [1.165, 1.54) is 18.2 Å². The number of likely N-dealkylation sites (N-methyl/N-ethyl adjacent to an activating group) is 1. The van der Waals surface area contributed by atoms with Crippen molar-refractivity contribution in [1.82, 2.24) is 4.31 Å². The predicted molar refractivity (Wildman–Crippen MR) is 127 cm³/mol. The van der Waals surface area contributed by atoms with E-state index in [4.69, 9.17) is 27.9 Å². The first kappa shape index (κ1) is 24.1. The molecule has 0 aliphatic rings. The number of anilines is 1. The van der Waals surface area contributed by atoms with Gasteiger partial charge in [-0.15, -0.1) is 0 Å². The Balaban J connectivity index is 1.61. The molecule has 0 radical (unpaired) electrons. The lowest BCUT2D eigenvalue weighted by molar-refractivity contribution is -0.116. The molecule has 0 aromatic heterocycles. The first-order valence-electron chi connectivity index (χ1n) is 9.81. The van der Waals surface area contributed by atoms with Crippen molar-refractivity contribution in [2.75, 3.05) is 18.4 Å². The van der Waals surface area contributed by atoms with Crippen molar-refractivity contribution in [3.8, 4) is 5.75 Å². The minimum Gasteiger partial charge on any atom is -0.489 e. The number of halogens is 2. The molecule has 1 N–H and O–H groups in total. The van der Waals surface area contributed by atoms with Crippen LogP contribution < -0.4 is 10.1 Å². The summed E-state index contributed by atoms with van der Waals surface area (Å²) >= 11 is 12.0. The van der Waals surface area contributed by atoms with Crippen LogP contribution in [-0.2, 0) is 21.4 Å². The summed E-state index contributed by atoms with van der Waals surface area (Å²) in [5.74, 6) is 0.173. The Hall–Kier alpha value is -2.58. The van der Waals surface area contributed by atoms with Gasteiger partial charge in [0, 0.05) is 17.3 Å². The molecule has 0 atom stereocenters. The smallest absolute Gasteiger partial charge is 0.245 e. The number of nitrogens with zero attached hydrogens (tertiary/aromatic N) is 1. The number of hydrogen-bond acceptors (Lipinski definition) is 4. The molecule has 6 nitrogen and oxygen atoms in total. The van der Waals surface area contributed by atoms with Crippen molar-refractivity contribution >= 4 is 44.8 Å². The molecular formula is C23H22Cl2N2O4S. The number of amides is 1. The summed E-state index contributed by atoms with van der Waals surface area (Å²) in [6, 6.07) is 20.8. The van der Waals surface area contributed by atoms with E-state index in [-0.39, 0.29) is 28.0 Å². The second kappa shape index (κ2) is 10.8. The van der Waals surface area contributed by atoms with Gasteiger partial charge in [0.2, 0.25) is 15.9 Å². The second-order valence-electron chi connectivity index (χ2n) is 6.85. The zero-order chi connectivity index (χ0) is 23.1. The maximum atomic E-state index is 12.9. The van der Waals surface area contributed by atoms with Gasteiger partial charge in [-0.05, 0) is 48.0 Å². The molecule has 0 aliphatic heterocycles. The van der Waals surface area contributed by atoms with Crippen molar-refractivity contribution in [2.45, 2.75) is 18.4 Å². The van der Waals surface area contributed by atoms with E-state index in [0.29, 0.717) is 18.0 Å². The Labute approximate surface area is 197 Å². The zero-order valence-corrected chi connectivity index (χ0v) is 19.6. The van der Waals surface area contributed by atoms with Crippen molar-refractivity contribution in [3.05, 3.63) is 88.4 Å². The highest BCUT2D eigenvalue weighted by molar-refractivity contribution is 7.89. The number of benzene rings is 3. The first-order chi connectivity index (χ1) is 15.3. The van der Waals surface area contributed by atoms with Crippen LogP contribution in [0.25, 0.3) is 0 Å². The van der Waals surface area contributed by atoms with Crippen molar-refractivity contribution in [2.24, 2.45) is 0 Å². The van der Waals surface area contributed by atoms with E-state index < -0.39 is 15.9 Å². The zero-order valence-electron chi connectivity index (χ0n) is 17.3. The Morgan fingerprint density at radius 1 is 1.00 bits per heavy atom. The molecule has 0 unspecified atom stereocenters. The fourth-order valence-electron chi connectivity index (χ4n) is 2.92. The average Bonchev–Trinajstić information content (AvgIpc) is 2.79. The summed E-state index contributed by atoms with van der Waals surface area (Å²) in [7, 11) is -4.00. The van der Waals surface area contributed by atoms with Gasteiger partial charge in [0.05, 0.1) is 11.6 Å². The standard InChI is InChI=1S/C23H22Cl2N2O4S/c1-2-27(32(29,30)22-14-18(24)8-13-21(22)25)15-23(28)26-19-9-11-20(12-10-19)31-16-17-6-4-3-5-7-17/h3-14H,2,15-16H2,1H3,(H,26,28). The third-order valence-electron chi connectivity index (χ3n) is 4.57. The van der Waals surface area contributed by atoms with Crippen LogP contribution in [0.5, 0.6) is 5.75 Å². The summed E-state index contributed by atoms with van der Waals surface area (Å²) in [4.78, 5) is 12.4. The third kappa shape index (κ3) is 6.23. The summed E-state index contributed by atoms with van der Waals surface area (Å²) < 4.78 is 32.7. The molecule has 9 heteroatoms. The molecular weight excluding hydrogens is 471 g/mol. The monoisotopic (exact) mass is 492 g/mol. The predicted octanol–water partition coefficient (Wildman–Crippen LogP) is 5.22. The highest BCUT2D eigenvalue weighted by Crippen LogP contribution is 2.27. The second-order valence-corrected chi connectivity index (χ2v) is 9.60. The number of carbonyl (C=O) groups is 1. The van der Waals surface area contributed by atoms with E-state index in [0.717, 1.165) is 9.87 Å². The van der Waals surface area contributed by atoms with E-state index in [1.807, 2.05) is 30.3 Å². The molecule has 1 amide bonds. The van der Waals surface area contributed by atoms with Crippen molar-refractivity contribution in [1.29, 1.82) is 0 Å². The van der Waals surface area contributed by atoms with Crippen LogP contribution in [0.15, 0.2) is 77.7 Å². The van der Waals surface area contributed by atoms with Crippen LogP contribution in [-0.4, -0.2) is 31.7 Å². The van der Waals surface area contributed by atoms with Gasteiger partial charge in [-0.1, -0.05) is 60.5 Å². The van der Waals surface area contributed by atoms with Gasteiger partial charge in [-0.2, -0.15) is 4.31 Å². The van der Waals surface area contributed by atoms with E-state index >= 15 is 0 Å². The van der Waals surface area contributed by atoms with Crippen LogP contribution in [0.2, 0.25) is 10.0 Å². The molecule has 0 aliphatic carbocycles. The maximum absolute atomic E-state index is 12.9. The Kier molecular flexibility index (Phi) is 8.15. The Bertz CT molecular complexity index is 1170. The van der Waals surface area contributed by atoms with Gasteiger partial charge in [0.25, 0.3) is 0 Å².